The zero-order chi connectivity index (χ0) is 20.4. The Morgan fingerprint density at radius 2 is 2.00 bits per heavy atom. The fraction of sp³-hybridized carbons (Fsp3) is 0.333. The van der Waals surface area contributed by atoms with Gasteiger partial charge in [0.25, 0.3) is 5.91 Å². The van der Waals surface area contributed by atoms with Crippen LogP contribution in [0.4, 0.5) is 0 Å². The van der Waals surface area contributed by atoms with Crippen molar-refractivity contribution in [2.45, 2.75) is 6.42 Å². The predicted octanol–water partition coefficient (Wildman–Crippen LogP) is 2.83. The number of carbonyl (C=O) groups is 1. The molecule has 0 radical (unpaired) electrons. The summed E-state index contributed by atoms with van der Waals surface area (Å²) in [4.78, 5) is 18.0. The smallest absolute Gasteiger partial charge is 0.251 e. The topological polar surface area (TPSA) is 66.0 Å². The first-order valence-corrected chi connectivity index (χ1v) is 9.52. The Labute approximate surface area is 171 Å². The summed E-state index contributed by atoms with van der Waals surface area (Å²) in [5.41, 5.74) is 1.76. The number of guanidine groups is 1. The van der Waals surface area contributed by atoms with Crippen molar-refractivity contribution >= 4 is 23.5 Å². The summed E-state index contributed by atoms with van der Waals surface area (Å²) in [6, 6.07) is 15.0. The van der Waals surface area contributed by atoms with Gasteiger partial charge >= 0.3 is 0 Å². The van der Waals surface area contributed by atoms with E-state index in [1.54, 1.807) is 20.2 Å². The fourth-order valence-electron chi connectivity index (χ4n) is 2.68. The maximum atomic E-state index is 11.7. The molecule has 0 bridgehead atoms. The molecule has 2 aromatic rings. The molecule has 0 spiro atoms. The number of aliphatic imine (C=N–C) groups is 1. The summed E-state index contributed by atoms with van der Waals surface area (Å²) in [6.45, 7) is 1.91. The first kappa shape index (κ1) is 21.6. The summed E-state index contributed by atoms with van der Waals surface area (Å²) in [7, 11) is 5.35. The number of benzene rings is 2. The monoisotopic (exact) mass is 402 g/mol. The van der Waals surface area contributed by atoms with E-state index in [4.69, 9.17) is 16.3 Å². The number of amides is 1. The highest BCUT2D eigenvalue weighted by atomic mass is 35.5. The molecule has 0 heterocycles. The van der Waals surface area contributed by atoms with Crippen molar-refractivity contribution in [3.05, 3.63) is 64.7 Å². The maximum Gasteiger partial charge on any atom is 0.251 e. The van der Waals surface area contributed by atoms with E-state index >= 15 is 0 Å². The fourth-order valence-corrected chi connectivity index (χ4v) is 2.86. The van der Waals surface area contributed by atoms with E-state index in [1.165, 1.54) is 0 Å². The number of likely N-dealkylation sites (N-methyl/N-ethyl adjacent to an activating group) is 1. The first-order valence-electron chi connectivity index (χ1n) is 9.14. The normalized spacial score (nSPS) is 11.1. The summed E-state index contributed by atoms with van der Waals surface area (Å²) in [5.74, 6) is 1.46. The van der Waals surface area contributed by atoms with Gasteiger partial charge in [0.15, 0.2) is 5.96 Å². The summed E-state index contributed by atoms with van der Waals surface area (Å²) >= 11 is 5.96. The number of carbonyl (C=O) groups excluding carboxylic acids is 1. The van der Waals surface area contributed by atoms with Crippen LogP contribution >= 0.6 is 11.6 Å². The van der Waals surface area contributed by atoms with Crippen LogP contribution in [-0.2, 0) is 6.42 Å². The molecule has 7 heteroatoms. The lowest BCUT2D eigenvalue weighted by atomic mass is 10.1. The second-order valence-corrected chi connectivity index (χ2v) is 6.67. The van der Waals surface area contributed by atoms with Crippen molar-refractivity contribution < 1.29 is 9.53 Å². The molecule has 2 N–H and O–H groups in total. The van der Waals surface area contributed by atoms with Crippen molar-refractivity contribution in [1.82, 2.24) is 15.5 Å². The number of rotatable bonds is 8. The molecule has 150 valence electrons. The van der Waals surface area contributed by atoms with Crippen LogP contribution in [0, 0.1) is 0 Å². The molecule has 0 saturated carbocycles. The first-order chi connectivity index (χ1) is 13.5. The van der Waals surface area contributed by atoms with Crippen LogP contribution in [0.15, 0.2) is 53.5 Å². The Kier molecular flexibility index (Phi) is 8.62. The number of nitrogens with one attached hydrogen (secondary N) is 2. The minimum atomic E-state index is -0.0787. The third kappa shape index (κ3) is 6.78. The molecule has 6 nitrogen and oxygen atoms in total. The summed E-state index contributed by atoms with van der Waals surface area (Å²) in [6.07, 6.45) is 0.788. The number of halogens is 1. The quantitative estimate of drug-likeness (QED) is 0.526. The molecule has 0 aliphatic carbocycles. The van der Waals surface area contributed by atoms with E-state index in [2.05, 4.69) is 15.6 Å². The zero-order valence-electron chi connectivity index (χ0n) is 16.5. The molecule has 0 aromatic heterocycles. The standard InChI is InChI=1S/C21H27ClN4O2/c1-23-20(27)17-7-4-6-16(14-17)10-11-25-21(24-2)26(3)12-13-28-19-9-5-8-18(22)15-19/h4-9,14-15H,10-13H2,1-3H3,(H,23,27)(H,24,25). The molecule has 2 rings (SSSR count). The Morgan fingerprint density at radius 1 is 1.21 bits per heavy atom. The second-order valence-electron chi connectivity index (χ2n) is 6.23. The molecule has 0 aliphatic rings. The van der Waals surface area contributed by atoms with Gasteiger partial charge in [-0.05, 0) is 42.3 Å². The lowest BCUT2D eigenvalue weighted by Gasteiger charge is -2.22. The highest BCUT2D eigenvalue weighted by Gasteiger charge is 2.07. The van der Waals surface area contributed by atoms with Crippen LogP contribution in [0.3, 0.4) is 0 Å². The van der Waals surface area contributed by atoms with Crippen molar-refractivity contribution in [2.24, 2.45) is 4.99 Å². The molecule has 1 amide bonds. The van der Waals surface area contributed by atoms with Crippen LogP contribution in [0.25, 0.3) is 0 Å². The van der Waals surface area contributed by atoms with Crippen LogP contribution in [0.5, 0.6) is 5.75 Å². The number of hydrogen-bond acceptors (Lipinski definition) is 3. The third-order valence-electron chi connectivity index (χ3n) is 4.18. The highest BCUT2D eigenvalue weighted by Crippen LogP contribution is 2.16. The van der Waals surface area contributed by atoms with Crippen LogP contribution in [-0.4, -0.2) is 57.6 Å². The molecule has 0 aliphatic heterocycles. The van der Waals surface area contributed by atoms with E-state index in [-0.39, 0.29) is 5.91 Å². The number of ether oxygens (including phenoxy) is 1. The van der Waals surface area contributed by atoms with Crippen molar-refractivity contribution in [3.8, 4) is 5.75 Å². The molecule has 0 atom stereocenters. The largest absolute Gasteiger partial charge is 0.492 e. The van der Waals surface area contributed by atoms with Crippen LogP contribution < -0.4 is 15.4 Å². The van der Waals surface area contributed by atoms with E-state index in [1.807, 2.05) is 54.4 Å². The Balaban J connectivity index is 1.78. The lowest BCUT2D eigenvalue weighted by Crippen LogP contribution is -2.41. The van der Waals surface area contributed by atoms with Gasteiger partial charge < -0.3 is 20.3 Å². The highest BCUT2D eigenvalue weighted by molar-refractivity contribution is 6.30. The second kappa shape index (κ2) is 11.2. The van der Waals surface area contributed by atoms with Crippen LogP contribution in [0.1, 0.15) is 15.9 Å². The minimum absolute atomic E-state index is 0.0787. The van der Waals surface area contributed by atoms with E-state index < -0.39 is 0 Å². The van der Waals surface area contributed by atoms with Crippen molar-refractivity contribution in [3.63, 3.8) is 0 Å². The van der Waals surface area contributed by atoms with Crippen molar-refractivity contribution in [1.29, 1.82) is 0 Å². The van der Waals surface area contributed by atoms with E-state index in [9.17, 15) is 4.79 Å². The summed E-state index contributed by atoms with van der Waals surface area (Å²) < 4.78 is 5.73. The Hall–Kier alpha value is -2.73. The molecule has 2 aromatic carbocycles. The van der Waals surface area contributed by atoms with Crippen LogP contribution in [0.2, 0.25) is 5.02 Å². The average molecular weight is 403 g/mol. The number of nitrogens with zero attached hydrogens (tertiary/aromatic N) is 2. The van der Waals surface area contributed by atoms with Gasteiger partial charge in [-0.1, -0.05) is 29.8 Å². The Morgan fingerprint density at radius 3 is 2.71 bits per heavy atom. The molecule has 0 saturated heterocycles. The van der Waals surface area contributed by atoms with Gasteiger partial charge in [-0.3, -0.25) is 9.79 Å². The minimum Gasteiger partial charge on any atom is -0.492 e. The molecule has 28 heavy (non-hydrogen) atoms. The van der Waals surface area contributed by atoms with Gasteiger partial charge in [-0.2, -0.15) is 0 Å². The molecular weight excluding hydrogens is 376 g/mol. The zero-order valence-corrected chi connectivity index (χ0v) is 17.3. The van der Waals surface area contributed by atoms with E-state index in [0.29, 0.717) is 30.3 Å². The van der Waals surface area contributed by atoms with Gasteiger partial charge in [0, 0.05) is 38.3 Å². The molecule has 0 fully saturated rings. The summed E-state index contributed by atoms with van der Waals surface area (Å²) in [5, 5.41) is 6.63. The van der Waals surface area contributed by atoms with Gasteiger partial charge in [0.1, 0.15) is 12.4 Å². The van der Waals surface area contributed by atoms with Gasteiger partial charge in [-0.15, -0.1) is 0 Å². The lowest BCUT2D eigenvalue weighted by molar-refractivity contribution is 0.0963. The van der Waals surface area contributed by atoms with E-state index in [0.717, 1.165) is 23.7 Å². The van der Waals surface area contributed by atoms with Gasteiger partial charge in [-0.25, -0.2) is 0 Å². The SMILES string of the molecule is CN=C(NCCc1cccc(C(=O)NC)c1)N(C)CCOc1cccc(Cl)c1. The molecular formula is C21H27ClN4O2. The van der Waals surface area contributed by atoms with Gasteiger partial charge in [0.2, 0.25) is 0 Å². The number of hydrogen-bond donors (Lipinski definition) is 2. The third-order valence-corrected chi connectivity index (χ3v) is 4.41. The Bertz CT molecular complexity index is 810. The van der Waals surface area contributed by atoms with Crippen molar-refractivity contribution in [2.75, 3.05) is 40.8 Å². The van der Waals surface area contributed by atoms with Gasteiger partial charge in [0.05, 0.1) is 6.54 Å². The predicted molar refractivity (Wildman–Crippen MR) is 114 cm³/mol. The average Bonchev–Trinajstić information content (AvgIpc) is 2.70. The molecule has 0 unspecified atom stereocenters. The maximum absolute atomic E-state index is 11.7.